The third-order valence-electron chi connectivity index (χ3n) is 2.61. The first-order valence-corrected chi connectivity index (χ1v) is 6.96. The standard InChI is InChI=1S/C16H17N5O2/c1-2-3-5-10-14(22)23-11-13-19-15(17)21-16(20-13)18-12-8-6-4-7-9-12/h2-10H,11H2,1H3,(H3,17,18,19,20,21). The molecule has 0 fully saturated rings. The molecule has 1 aromatic heterocycles. The molecule has 3 N–H and O–H groups in total. The van der Waals surface area contributed by atoms with Gasteiger partial charge in [-0.25, -0.2) is 4.79 Å². The maximum Gasteiger partial charge on any atom is 0.331 e. The fraction of sp³-hybridized carbons (Fsp3) is 0.125. The van der Waals surface area contributed by atoms with Crippen molar-refractivity contribution in [3.05, 3.63) is 60.5 Å². The Labute approximate surface area is 133 Å². The molecule has 0 atom stereocenters. The van der Waals surface area contributed by atoms with E-state index in [1.165, 1.54) is 6.08 Å². The summed E-state index contributed by atoms with van der Waals surface area (Å²) < 4.78 is 5.04. The predicted octanol–water partition coefficient (Wildman–Crippen LogP) is 2.37. The van der Waals surface area contributed by atoms with E-state index >= 15 is 0 Å². The van der Waals surface area contributed by atoms with E-state index in [2.05, 4.69) is 20.3 Å². The number of anilines is 3. The lowest BCUT2D eigenvalue weighted by molar-refractivity contribution is -0.139. The lowest BCUT2D eigenvalue weighted by Crippen LogP contribution is -2.10. The van der Waals surface area contributed by atoms with Crippen molar-refractivity contribution in [1.82, 2.24) is 15.0 Å². The van der Waals surface area contributed by atoms with E-state index in [1.54, 1.807) is 18.2 Å². The molecule has 1 aromatic carbocycles. The molecule has 0 aliphatic rings. The second-order valence-corrected chi connectivity index (χ2v) is 4.42. The van der Waals surface area contributed by atoms with E-state index in [0.717, 1.165) is 5.69 Å². The van der Waals surface area contributed by atoms with Crippen molar-refractivity contribution in [1.29, 1.82) is 0 Å². The summed E-state index contributed by atoms with van der Waals surface area (Å²) in [6.45, 7) is 1.76. The monoisotopic (exact) mass is 311 g/mol. The lowest BCUT2D eigenvalue weighted by Gasteiger charge is -2.07. The smallest absolute Gasteiger partial charge is 0.331 e. The van der Waals surface area contributed by atoms with Crippen LogP contribution in [0, 0.1) is 0 Å². The number of carbonyl (C=O) groups is 1. The minimum absolute atomic E-state index is 0.0499. The van der Waals surface area contributed by atoms with Gasteiger partial charge in [0, 0.05) is 11.8 Å². The molecule has 0 spiro atoms. The molecular formula is C16H17N5O2. The summed E-state index contributed by atoms with van der Waals surface area (Å²) in [7, 11) is 0. The summed E-state index contributed by atoms with van der Waals surface area (Å²) in [5.74, 6) is 0.122. The number of ether oxygens (including phenoxy) is 1. The number of rotatable bonds is 6. The zero-order chi connectivity index (χ0) is 16.5. The van der Waals surface area contributed by atoms with E-state index in [0.29, 0.717) is 5.95 Å². The van der Waals surface area contributed by atoms with Crippen LogP contribution in [0.25, 0.3) is 0 Å². The first-order chi connectivity index (χ1) is 11.2. The molecule has 7 heteroatoms. The molecule has 118 valence electrons. The molecule has 0 unspecified atom stereocenters. The zero-order valence-electron chi connectivity index (χ0n) is 12.6. The van der Waals surface area contributed by atoms with Gasteiger partial charge in [0.15, 0.2) is 12.4 Å². The van der Waals surface area contributed by atoms with Gasteiger partial charge in [-0.3, -0.25) is 0 Å². The average molecular weight is 311 g/mol. The topological polar surface area (TPSA) is 103 Å². The first-order valence-electron chi connectivity index (χ1n) is 6.96. The number of nitrogen functional groups attached to an aromatic ring is 1. The van der Waals surface area contributed by atoms with Crippen molar-refractivity contribution in [2.24, 2.45) is 0 Å². The highest BCUT2D eigenvalue weighted by Gasteiger charge is 2.07. The zero-order valence-corrected chi connectivity index (χ0v) is 12.6. The summed E-state index contributed by atoms with van der Waals surface area (Å²) >= 11 is 0. The molecule has 7 nitrogen and oxygen atoms in total. The van der Waals surface area contributed by atoms with Gasteiger partial charge in [0.05, 0.1) is 0 Å². The highest BCUT2D eigenvalue weighted by atomic mass is 16.5. The molecule has 0 radical (unpaired) electrons. The second-order valence-electron chi connectivity index (χ2n) is 4.42. The number of hydrogen-bond acceptors (Lipinski definition) is 7. The summed E-state index contributed by atoms with van der Waals surface area (Å²) in [4.78, 5) is 23.6. The van der Waals surface area contributed by atoms with Gasteiger partial charge in [-0.15, -0.1) is 0 Å². The Hall–Kier alpha value is -3.22. The third-order valence-corrected chi connectivity index (χ3v) is 2.61. The Morgan fingerprint density at radius 3 is 2.74 bits per heavy atom. The van der Waals surface area contributed by atoms with E-state index in [1.807, 2.05) is 37.3 Å². The number of nitrogens with one attached hydrogen (secondary N) is 1. The average Bonchev–Trinajstić information content (AvgIpc) is 2.54. The van der Waals surface area contributed by atoms with Crippen LogP contribution in [0.2, 0.25) is 0 Å². The molecular weight excluding hydrogens is 294 g/mol. The van der Waals surface area contributed by atoms with Crippen LogP contribution in [0.5, 0.6) is 0 Å². The third kappa shape index (κ3) is 5.58. The number of hydrogen-bond donors (Lipinski definition) is 2. The highest BCUT2D eigenvalue weighted by molar-refractivity contribution is 5.82. The van der Waals surface area contributed by atoms with Crippen LogP contribution < -0.4 is 11.1 Å². The van der Waals surface area contributed by atoms with Crippen LogP contribution in [0.15, 0.2) is 54.6 Å². The molecule has 23 heavy (non-hydrogen) atoms. The van der Waals surface area contributed by atoms with Crippen LogP contribution in [-0.4, -0.2) is 20.9 Å². The van der Waals surface area contributed by atoms with Gasteiger partial charge in [-0.05, 0) is 19.1 Å². The molecule has 0 bridgehead atoms. The Balaban J connectivity index is 2.01. The molecule has 0 aliphatic heterocycles. The highest BCUT2D eigenvalue weighted by Crippen LogP contribution is 2.12. The molecule has 0 saturated heterocycles. The summed E-state index contributed by atoms with van der Waals surface area (Å²) in [5, 5.41) is 3.01. The number of nitrogens with zero attached hydrogens (tertiary/aromatic N) is 3. The molecule has 2 rings (SSSR count). The molecule has 0 saturated carbocycles. The minimum Gasteiger partial charge on any atom is -0.454 e. The van der Waals surface area contributed by atoms with Gasteiger partial charge in [0.1, 0.15) is 0 Å². The fourth-order valence-electron chi connectivity index (χ4n) is 1.64. The number of esters is 1. The Kier molecular flexibility index (Phi) is 5.81. The quantitative estimate of drug-likeness (QED) is 0.479. The number of aromatic nitrogens is 3. The number of para-hydroxylation sites is 1. The summed E-state index contributed by atoms with van der Waals surface area (Å²) in [5.41, 5.74) is 6.47. The van der Waals surface area contributed by atoms with Gasteiger partial charge < -0.3 is 15.8 Å². The van der Waals surface area contributed by atoms with Crippen LogP contribution in [-0.2, 0) is 16.1 Å². The van der Waals surface area contributed by atoms with Crippen LogP contribution in [0.4, 0.5) is 17.6 Å². The van der Waals surface area contributed by atoms with E-state index < -0.39 is 5.97 Å². The van der Waals surface area contributed by atoms with Crippen LogP contribution in [0.3, 0.4) is 0 Å². The maximum absolute atomic E-state index is 11.5. The van der Waals surface area contributed by atoms with Crippen LogP contribution >= 0.6 is 0 Å². The number of allylic oxidation sites excluding steroid dienone is 3. The van der Waals surface area contributed by atoms with Crippen LogP contribution in [0.1, 0.15) is 12.7 Å². The maximum atomic E-state index is 11.5. The van der Waals surface area contributed by atoms with Gasteiger partial charge in [0.2, 0.25) is 11.9 Å². The van der Waals surface area contributed by atoms with Crippen molar-refractivity contribution >= 4 is 23.6 Å². The fourth-order valence-corrected chi connectivity index (χ4v) is 1.64. The van der Waals surface area contributed by atoms with Crippen molar-refractivity contribution < 1.29 is 9.53 Å². The van der Waals surface area contributed by atoms with Crippen molar-refractivity contribution in [2.75, 3.05) is 11.1 Å². The summed E-state index contributed by atoms with van der Waals surface area (Å²) in [6.07, 6.45) is 6.43. The van der Waals surface area contributed by atoms with Gasteiger partial charge >= 0.3 is 5.97 Å². The molecule has 0 amide bonds. The largest absolute Gasteiger partial charge is 0.454 e. The Morgan fingerprint density at radius 1 is 1.22 bits per heavy atom. The van der Waals surface area contributed by atoms with E-state index in [4.69, 9.17) is 10.5 Å². The second kappa shape index (κ2) is 8.28. The summed E-state index contributed by atoms with van der Waals surface area (Å²) in [6, 6.07) is 9.40. The van der Waals surface area contributed by atoms with Gasteiger partial charge in [0.25, 0.3) is 0 Å². The number of carbonyl (C=O) groups excluding carboxylic acids is 1. The van der Waals surface area contributed by atoms with E-state index in [9.17, 15) is 4.79 Å². The lowest BCUT2D eigenvalue weighted by atomic mass is 10.3. The molecule has 1 heterocycles. The van der Waals surface area contributed by atoms with Crippen molar-refractivity contribution in [3.8, 4) is 0 Å². The Bertz CT molecular complexity index is 714. The predicted molar refractivity (Wildman–Crippen MR) is 87.7 cm³/mol. The SMILES string of the molecule is CC=CC=CC(=O)OCc1nc(N)nc(Nc2ccccc2)n1. The first kappa shape index (κ1) is 16.2. The van der Waals surface area contributed by atoms with Gasteiger partial charge in [-0.1, -0.05) is 36.4 Å². The van der Waals surface area contributed by atoms with Crippen molar-refractivity contribution in [2.45, 2.75) is 13.5 Å². The normalized spacial score (nSPS) is 11.0. The number of benzene rings is 1. The van der Waals surface area contributed by atoms with E-state index in [-0.39, 0.29) is 18.4 Å². The molecule has 2 aromatic rings. The minimum atomic E-state index is -0.486. The Morgan fingerprint density at radius 2 is 2.00 bits per heavy atom. The van der Waals surface area contributed by atoms with Crippen molar-refractivity contribution in [3.63, 3.8) is 0 Å². The van der Waals surface area contributed by atoms with Gasteiger partial charge in [-0.2, -0.15) is 15.0 Å². The molecule has 0 aliphatic carbocycles. The number of nitrogens with two attached hydrogens (primary N) is 1.